The lowest BCUT2D eigenvalue weighted by atomic mass is 9.35. The molecular weight excluding hydrogens is 288 g/mol. The molecule has 2 N–H and O–H groups in total. The third-order valence-corrected chi connectivity index (χ3v) is 8.59. The Hall–Kier alpha value is -0.410. The summed E-state index contributed by atoms with van der Waals surface area (Å²) in [5, 5.41) is 21.7. The Morgan fingerprint density at radius 3 is 2.48 bits per heavy atom. The van der Waals surface area contributed by atoms with Crippen LogP contribution in [0.25, 0.3) is 0 Å². The fourth-order valence-electron chi connectivity index (χ4n) is 8.13. The lowest BCUT2D eigenvalue weighted by Crippen LogP contribution is -2.68. The summed E-state index contributed by atoms with van der Waals surface area (Å²) in [7, 11) is 0. The maximum Gasteiger partial charge on any atom is 0.137 e. The molecule has 0 saturated heterocycles. The van der Waals surface area contributed by atoms with Crippen LogP contribution in [0.1, 0.15) is 60.3 Å². The summed E-state index contributed by atoms with van der Waals surface area (Å²) < 4.78 is 0. The monoisotopic (exact) mass is 320 g/mol. The van der Waals surface area contributed by atoms with E-state index in [-0.39, 0.29) is 34.7 Å². The molecular formula is C20H32O3. The normalized spacial score (nSPS) is 58.4. The van der Waals surface area contributed by atoms with Crippen LogP contribution in [0, 0.1) is 46.3 Å². The average Bonchev–Trinajstić information content (AvgIpc) is 2.84. The van der Waals surface area contributed by atoms with E-state index in [4.69, 9.17) is 0 Å². The Balaban J connectivity index is 1.76. The van der Waals surface area contributed by atoms with Gasteiger partial charge in [0.25, 0.3) is 0 Å². The first-order valence-corrected chi connectivity index (χ1v) is 9.45. The van der Waals surface area contributed by atoms with Gasteiger partial charge in [-0.25, -0.2) is 0 Å². The molecule has 3 nitrogen and oxygen atoms in total. The Labute approximate surface area is 139 Å². The maximum absolute atomic E-state index is 12.5. The van der Waals surface area contributed by atoms with E-state index >= 15 is 0 Å². The Kier molecular flexibility index (Phi) is 3.08. The molecule has 0 bridgehead atoms. The summed E-state index contributed by atoms with van der Waals surface area (Å²) in [6.07, 6.45) is 3.16. The van der Waals surface area contributed by atoms with Crippen LogP contribution in [-0.2, 0) is 4.79 Å². The lowest BCUT2D eigenvalue weighted by Gasteiger charge is -2.69. The maximum atomic E-state index is 12.5. The highest BCUT2D eigenvalue weighted by Crippen LogP contribution is 2.77. The number of hydrogen-bond donors (Lipinski definition) is 2. The molecule has 4 aliphatic rings. The molecule has 0 radical (unpaired) electrons. The topological polar surface area (TPSA) is 57.5 Å². The second kappa shape index (κ2) is 4.40. The van der Waals surface area contributed by atoms with Gasteiger partial charge in [-0.15, -0.1) is 0 Å². The predicted molar refractivity (Wildman–Crippen MR) is 88.6 cm³/mol. The smallest absolute Gasteiger partial charge is 0.137 e. The molecule has 0 aromatic rings. The first-order valence-electron chi connectivity index (χ1n) is 9.45. The number of rotatable bonds is 1. The third kappa shape index (κ3) is 1.76. The number of hydrogen-bond acceptors (Lipinski definition) is 3. The van der Waals surface area contributed by atoms with Gasteiger partial charge in [0, 0.05) is 12.3 Å². The molecule has 0 aromatic carbocycles. The zero-order valence-electron chi connectivity index (χ0n) is 15.2. The quantitative estimate of drug-likeness (QED) is 0.781. The first kappa shape index (κ1) is 16.1. The van der Waals surface area contributed by atoms with Crippen molar-refractivity contribution in [3.8, 4) is 0 Å². The van der Waals surface area contributed by atoms with E-state index < -0.39 is 5.60 Å². The summed E-state index contributed by atoms with van der Waals surface area (Å²) in [5.41, 5.74) is -0.694. The minimum absolute atomic E-state index is 0.0222. The van der Waals surface area contributed by atoms with Crippen LogP contribution in [-0.4, -0.2) is 27.7 Å². The highest BCUT2D eigenvalue weighted by Gasteiger charge is 2.75. The van der Waals surface area contributed by atoms with Crippen molar-refractivity contribution in [1.29, 1.82) is 0 Å². The van der Waals surface area contributed by atoms with E-state index in [1.807, 2.05) is 13.8 Å². The molecule has 4 saturated carbocycles. The Morgan fingerprint density at radius 1 is 1.22 bits per heavy atom. The largest absolute Gasteiger partial charge is 0.393 e. The number of ketones is 1. The molecule has 4 rings (SSSR count). The van der Waals surface area contributed by atoms with Crippen LogP contribution < -0.4 is 0 Å². The van der Waals surface area contributed by atoms with Gasteiger partial charge in [0.05, 0.1) is 11.7 Å². The minimum atomic E-state index is -0.739. The van der Waals surface area contributed by atoms with Gasteiger partial charge in [-0.3, -0.25) is 4.79 Å². The van der Waals surface area contributed by atoms with Gasteiger partial charge < -0.3 is 10.2 Å². The number of aliphatic hydroxyl groups is 2. The molecule has 4 aliphatic carbocycles. The van der Waals surface area contributed by atoms with Crippen molar-refractivity contribution in [2.45, 2.75) is 72.0 Å². The highest BCUT2D eigenvalue weighted by molar-refractivity contribution is 5.86. The van der Waals surface area contributed by atoms with Crippen molar-refractivity contribution in [1.82, 2.24) is 0 Å². The molecule has 0 spiro atoms. The van der Waals surface area contributed by atoms with Crippen LogP contribution in [0.15, 0.2) is 0 Å². The average molecular weight is 320 g/mol. The number of carbonyl (C=O) groups excluding carboxylic acids is 1. The fraction of sp³-hybridized carbons (Fsp3) is 0.950. The standard InChI is InChI=1S/C20H32O3/c1-10-8-12(21)16-14(10)17-19(4)7-6-11(18(2,3)23)15(19)13(22)9-20(16,17)5/h10-11,13-17,22-23H,6-9H2,1-5H3/t10-,11-,13+,14+,15-,16-,17+,19+,20+/m1/s1. The zero-order chi connectivity index (χ0) is 16.9. The third-order valence-electron chi connectivity index (χ3n) is 8.59. The number of fused-ring (bicyclic) bond motifs is 6. The van der Waals surface area contributed by atoms with Crippen molar-refractivity contribution < 1.29 is 15.0 Å². The zero-order valence-corrected chi connectivity index (χ0v) is 15.2. The van der Waals surface area contributed by atoms with Crippen LogP contribution >= 0.6 is 0 Å². The molecule has 0 aliphatic heterocycles. The Morgan fingerprint density at radius 2 is 1.87 bits per heavy atom. The predicted octanol–water partition coefficient (Wildman–Crippen LogP) is 3.03. The summed E-state index contributed by atoms with van der Waals surface area (Å²) in [4.78, 5) is 12.5. The lowest BCUT2D eigenvalue weighted by molar-refractivity contribution is -0.245. The van der Waals surface area contributed by atoms with Gasteiger partial charge in [-0.1, -0.05) is 20.8 Å². The summed E-state index contributed by atoms with van der Waals surface area (Å²) in [6.45, 7) is 10.6. The van der Waals surface area contributed by atoms with Crippen molar-refractivity contribution >= 4 is 5.78 Å². The SMILES string of the molecule is C[C@@H]1CC(=O)[C@@H]2[C@H]1[C@H]1[C@@]3(C)CC[C@@H](C(C)(C)O)[C@@H]3[C@@H](O)C[C@]12C. The molecule has 4 fully saturated rings. The number of Topliss-reactive ketones (excluding diaryl/α,β-unsaturated/α-hetero) is 1. The Bertz CT molecular complexity index is 550. The van der Waals surface area contributed by atoms with Crippen molar-refractivity contribution in [3.05, 3.63) is 0 Å². The second-order valence-corrected chi connectivity index (χ2v) is 10.3. The second-order valence-electron chi connectivity index (χ2n) is 10.3. The molecule has 3 heteroatoms. The van der Waals surface area contributed by atoms with Gasteiger partial charge in [0.2, 0.25) is 0 Å². The van der Waals surface area contributed by atoms with E-state index in [0.29, 0.717) is 23.5 Å². The van der Waals surface area contributed by atoms with E-state index in [0.717, 1.165) is 25.7 Å². The first-order chi connectivity index (χ1) is 10.5. The molecule has 130 valence electrons. The number of carbonyl (C=O) groups is 1. The van der Waals surface area contributed by atoms with Gasteiger partial charge in [0.15, 0.2) is 0 Å². The molecule has 23 heavy (non-hydrogen) atoms. The van der Waals surface area contributed by atoms with Crippen molar-refractivity contribution in [3.63, 3.8) is 0 Å². The van der Waals surface area contributed by atoms with Gasteiger partial charge >= 0.3 is 0 Å². The van der Waals surface area contributed by atoms with Crippen LogP contribution in [0.4, 0.5) is 0 Å². The molecule has 0 amide bonds. The summed E-state index contributed by atoms with van der Waals surface area (Å²) in [5.74, 6) is 2.47. The summed E-state index contributed by atoms with van der Waals surface area (Å²) >= 11 is 0. The van der Waals surface area contributed by atoms with E-state index in [1.54, 1.807) is 0 Å². The molecule has 0 heterocycles. The van der Waals surface area contributed by atoms with Crippen LogP contribution in [0.5, 0.6) is 0 Å². The minimum Gasteiger partial charge on any atom is -0.393 e. The highest BCUT2D eigenvalue weighted by atomic mass is 16.3. The van der Waals surface area contributed by atoms with Gasteiger partial charge in [0.1, 0.15) is 5.78 Å². The van der Waals surface area contributed by atoms with Crippen molar-refractivity contribution in [2.24, 2.45) is 46.3 Å². The number of aliphatic hydroxyl groups excluding tert-OH is 1. The van der Waals surface area contributed by atoms with E-state index in [1.165, 1.54) is 0 Å². The van der Waals surface area contributed by atoms with Gasteiger partial charge in [-0.2, -0.15) is 0 Å². The van der Waals surface area contributed by atoms with Crippen LogP contribution in [0.2, 0.25) is 0 Å². The van der Waals surface area contributed by atoms with Gasteiger partial charge in [-0.05, 0) is 73.5 Å². The molecule has 0 unspecified atom stereocenters. The molecule has 0 aromatic heterocycles. The molecule has 9 atom stereocenters. The van der Waals surface area contributed by atoms with Crippen molar-refractivity contribution in [2.75, 3.05) is 0 Å². The fourth-order valence-corrected chi connectivity index (χ4v) is 8.13. The van der Waals surface area contributed by atoms with E-state index in [9.17, 15) is 15.0 Å². The van der Waals surface area contributed by atoms with Crippen LogP contribution in [0.3, 0.4) is 0 Å². The summed E-state index contributed by atoms with van der Waals surface area (Å²) in [6, 6.07) is 0. The van der Waals surface area contributed by atoms with E-state index in [2.05, 4.69) is 20.8 Å².